The smallest absolute Gasteiger partial charge is 0.309 e. The standard InChI is InChI=1S/C11H20O3.C8H16O4S.C7H14O2.C6H12O2.C5H7O.2C4H8O.CH4/c1-10(2,3)14-9(12)8-11(13)6-4-5-7-11;1-13(10,11)12-7-6-8(9)4-2-3-5-8;8-6-5-7(9)3-1-2-4-7;1-5(7)8-6(2,3)4;6-5-3-1-2-4-5;2*1-2-4-5-3-1;/h13H,4-8H2,1-3H3;9H,2-7H2,1H3;8-9H,1-6H2;1-4H3;3H,1-2,4H2;2*1-4H2;1H4/q;;;;+1;;;. The minimum Gasteiger partial charge on any atom is -0.460 e. The Labute approximate surface area is 370 Å². The molecule has 0 amide bonds. The van der Waals surface area contributed by atoms with Crippen molar-refractivity contribution in [1.29, 1.82) is 0 Å². The van der Waals surface area contributed by atoms with E-state index in [1.54, 1.807) is 6.42 Å². The Balaban J connectivity index is 0. The van der Waals surface area contributed by atoms with Gasteiger partial charge in [-0.3, -0.25) is 13.8 Å². The van der Waals surface area contributed by atoms with Gasteiger partial charge in [-0.15, -0.1) is 0 Å². The summed E-state index contributed by atoms with van der Waals surface area (Å²) in [4.78, 5) is 31.9. The number of ketones is 1. The molecular weight excluding hydrogens is 809 g/mol. The van der Waals surface area contributed by atoms with Crippen molar-refractivity contribution in [2.45, 2.75) is 225 Å². The number of rotatable bonds is 8. The molecule has 4 aliphatic carbocycles. The first-order chi connectivity index (χ1) is 27.8. The van der Waals surface area contributed by atoms with E-state index in [0.717, 1.165) is 129 Å². The van der Waals surface area contributed by atoms with Crippen molar-refractivity contribution in [2.24, 2.45) is 0 Å². The van der Waals surface area contributed by atoms with Gasteiger partial charge in [0, 0.05) is 46.4 Å². The number of aliphatic hydroxyl groups is 4. The molecule has 2 heterocycles. The summed E-state index contributed by atoms with van der Waals surface area (Å²) in [5.41, 5.74) is -2.75. The molecule has 0 spiro atoms. The summed E-state index contributed by atoms with van der Waals surface area (Å²) in [5.74, 6) is -0.186. The summed E-state index contributed by atoms with van der Waals surface area (Å²) >= 11 is 0. The predicted molar refractivity (Wildman–Crippen MR) is 239 cm³/mol. The molecule has 0 unspecified atom stereocenters. The first kappa shape index (κ1) is 61.2. The van der Waals surface area contributed by atoms with Crippen LogP contribution in [0.15, 0.2) is 0 Å². The second kappa shape index (κ2) is 31.9. The number of hydrogen-bond acceptors (Lipinski definition) is 14. The first-order valence-electron chi connectivity index (χ1n) is 22.4. The van der Waals surface area contributed by atoms with Gasteiger partial charge in [0.05, 0.1) is 48.9 Å². The lowest BCUT2D eigenvalue weighted by Crippen LogP contribution is -2.32. The van der Waals surface area contributed by atoms with Gasteiger partial charge >= 0.3 is 17.7 Å². The van der Waals surface area contributed by atoms with Gasteiger partial charge < -0.3 is 39.4 Å². The highest BCUT2D eigenvalue weighted by molar-refractivity contribution is 7.85. The SMILES string of the molecule is C.C1CCOC1.C1CCOC1.CC(=O)OC(C)(C)C.CC(C)(C)OC(=O)CC1(O)CCCC1.CS(=O)(=O)OCCC1(O)CCCC1.O=C1[CH+]CCC1.OCCC1(O)CCCC1. The molecule has 4 N–H and O–H groups in total. The summed E-state index contributed by atoms with van der Waals surface area (Å²) in [6.07, 6.45) is 23.0. The Morgan fingerprint density at radius 3 is 1.31 bits per heavy atom. The molecule has 15 heteroatoms. The molecule has 6 aliphatic rings. The zero-order valence-electron chi connectivity index (χ0n) is 38.7. The fourth-order valence-corrected chi connectivity index (χ4v) is 7.49. The average Bonchev–Trinajstić information content (AvgIpc) is 3.94. The maximum Gasteiger partial charge on any atom is 0.309 e. The topological polar surface area (TPSA) is 212 Å². The van der Waals surface area contributed by atoms with Crippen LogP contribution in [0, 0.1) is 6.42 Å². The largest absolute Gasteiger partial charge is 0.460 e. The summed E-state index contributed by atoms with van der Waals surface area (Å²) in [6.45, 7) is 16.7. The summed E-state index contributed by atoms with van der Waals surface area (Å²) < 4.78 is 45.6. The van der Waals surface area contributed by atoms with Crippen LogP contribution in [0.3, 0.4) is 0 Å². The van der Waals surface area contributed by atoms with Crippen LogP contribution in [0.4, 0.5) is 0 Å². The van der Waals surface area contributed by atoms with E-state index >= 15 is 0 Å². The van der Waals surface area contributed by atoms with E-state index in [-0.39, 0.29) is 44.6 Å². The second-order valence-corrected chi connectivity index (χ2v) is 20.4. The van der Waals surface area contributed by atoms with E-state index in [1.165, 1.54) is 32.6 Å². The average molecular weight is 898 g/mol. The Morgan fingerprint density at radius 2 is 1.07 bits per heavy atom. The molecule has 14 nitrogen and oxygen atoms in total. The Kier molecular flexibility index (Phi) is 32.0. The molecule has 0 aromatic heterocycles. The molecule has 6 fully saturated rings. The van der Waals surface area contributed by atoms with Crippen LogP contribution >= 0.6 is 0 Å². The van der Waals surface area contributed by atoms with Gasteiger partial charge in [-0.2, -0.15) is 8.42 Å². The molecule has 0 aromatic rings. The van der Waals surface area contributed by atoms with Crippen LogP contribution in [0.5, 0.6) is 0 Å². The lowest BCUT2D eigenvalue weighted by molar-refractivity contribution is -0.160. The number of carbonyl (C=O) groups excluding carboxylic acids is 3. The third-order valence-electron chi connectivity index (χ3n) is 10.0. The maximum absolute atomic E-state index is 11.4. The highest BCUT2D eigenvalue weighted by Crippen LogP contribution is 2.34. The molecule has 0 aromatic carbocycles. The minimum atomic E-state index is -3.35. The Morgan fingerprint density at radius 1 is 0.672 bits per heavy atom. The van der Waals surface area contributed by atoms with Crippen molar-refractivity contribution in [3.8, 4) is 0 Å². The Bertz CT molecular complexity index is 1210. The van der Waals surface area contributed by atoms with Gasteiger partial charge in [0.1, 0.15) is 17.6 Å². The molecule has 2 saturated heterocycles. The highest BCUT2D eigenvalue weighted by Gasteiger charge is 2.35. The first-order valence-corrected chi connectivity index (χ1v) is 24.2. The van der Waals surface area contributed by atoms with Crippen LogP contribution in [-0.2, 0) is 47.6 Å². The monoisotopic (exact) mass is 898 g/mol. The number of ether oxygens (including phenoxy) is 4. The molecule has 0 bridgehead atoms. The normalized spacial score (nSPS) is 20.6. The number of carbonyl (C=O) groups is 3. The van der Waals surface area contributed by atoms with Crippen molar-refractivity contribution in [3.05, 3.63) is 6.42 Å². The van der Waals surface area contributed by atoms with E-state index in [9.17, 15) is 38.1 Å². The van der Waals surface area contributed by atoms with Gasteiger partial charge in [-0.1, -0.05) is 46.0 Å². The number of aliphatic hydroxyl groups excluding tert-OH is 1. The molecule has 61 heavy (non-hydrogen) atoms. The third kappa shape index (κ3) is 38.3. The van der Waals surface area contributed by atoms with E-state index in [1.807, 2.05) is 41.5 Å². The number of esters is 2. The van der Waals surface area contributed by atoms with Crippen molar-refractivity contribution < 1.29 is 66.4 Å². The summed E-state index contributed by atoms with van der Waals surface area (Å²) in [5, 5.41) is 37.8. The lowest BCUT2D eigenvalue weighted by Gasteiger charge is -2.25. The van der Waals surface area contributed by atoms with Crippen LogP contribution in [0.2, 0.25) is 0 Å². The van der Waals surface area contributed by atoms with E-state index in [2.05, 4.69) is 4.18 Å². The second-order valence-electron chi connectivity index (χ2n) is 18.7. The van der Waals surface area contributed by atoms with E-state index < -0.39 is 32.5 Å². The van der Waals surface area contributed by atoms with E-state index in [0.29, 0.717) is 18.6 Å². The molecule has 4 saturated carbocycles. The molecule has 0 radical (unpaired) electrons. The van der Waals surface area contributed by atoms with Crippen LogP contribution in [-0.4, -0.2) is 120 Å². The Hall–Kier alpha value is -1.85. The minimum absolute atomic E-state index is 0. The van der Waals surface area contributed by atoms with Crippen LogP contribution in [0.1, 0.15) is 197 Å². The summed E-state index contributed by atoms with van der Waals surface area (Å²) in [7, 11) is -3.35. The zero-order valence-corrected chi connectivity index (χ0v) is 39.5. The third-order valence-corrected chi connectivity index (χ3v) is 10.6. The van der Waals surface area contributed by atoms with E-state index in [4.69, 9.17) is 24.1 Å². The fraction of sp³-hybridized carbons (Fsp3) is 0.913. The van der Waals surface area contributed by atoms with Gasteiger partial charge in [0.15, 0.2) is 0 Å². The maximum atomic E-state index is 11.4. The lowest BCUT2D eigenvalue weighted by atomic mass is 9.98. The molecule has 6 rings (SSSR count). The van der Waals surface area contributed by atoms with Crippen molar-refractivity contribution in [1.82, 2.24) is 0 Å². The van der Waals surface area contributed by atoms with Crippen LogP contribution in [0.25, 0.3) is 0 Å². The van der Waals surface area contributed by atoms with Crippen molar-refractivity contribution in [3.63, 3.8) is 0 Å². The fourth-order valence-electron chi connectivity index (χ4n) is 7.11. The molecule has 362 valence electrons. The van der Waals surface area contributed by atoms with Crippen LogP contribution < -0.4 is 0 Å². The summed E-state index contributed by atoms with van der Waals surface area (Å²) in [6, 6.07) is 0. The molecule has 0 atom stereocenters. The molecule has 2 aliphatic heterocycles. The predicted octanol–water partition coefficient (Wildman–Crippen LogP) is 7.88. The number of Topliss-reactive ketones (excluding diaryl/α,β-unsaturated/α-hetero) is 1. The zero-order chi connectivity index (χ0) is 45.8. The van der Waals surface area contributed by atoms with Gasteiger partial charge in [-0.05, 0) is 119 Å². The van der Waals surface area contributed by atoms with Crippen molar-refractivity contribution in [2.75, 3.05) is 45.9 Å². The van der Waals surface area contributed by atoms with Gasteiger partial charge in [0.2, 0.25) is 0 Å². The highest BCUT2D eigenvalue weighted by atomic mass is 32.2. The van der Waals surface area contributed by atoms with Gasteiger partial charge in [0.25, 0.3) is 10.1 Å². The van der Waals surface area contributed by atoms with Crippen molar-refractivity contribution >= 4 is 27.8 Å². The number of hydrogen-bond donors (Lipinski definition) is 4. The quantitative estimate of drug-likeness (QED) is 0.104. The molecular formula is C46H89O14S+. The van der Waals surface area contributed by atoms with Gasteiger partial charge in [-0.25, -0.2) is 4.79 Å².